The van der Waals surface area contributed by atoms with Crippen molar-refractivity contribution >= 4 is 11.8 Å². The molecule has 2 aromatic heterocycles. The molecule has 0 unspecified atom stereocenters. The third-order valence-electron chi connectivity index (χ3n) is 5.62. The molecule has 1 atom stereocenters. The van der Waals surface area contributed by atoms with Crippen LogP contribution >= 0.6 is 0 Å². The Kier molecular flexibility index (Phi) is 5.12. The van der Waals surface area contributed by atoms with Crippen LogP contribution in [0.25, 0.3) is 11.1 Å². The largest absolute Gasteiger partial charge is 0.359 e. The molecule has 1 saturated heterocycles. The summed E-state index contributed by atoms with van der Waals surface area (Å²) < 4.78 is 0. The lowest BCUT2D eigenvalue weighted by Crippen LogP contribution is -2.44. The molecule has 0 saturated carbocycles. The zero-order valence-corrected chi connectivity index (χ0v) is 16.3. The predicted octanol–water partition coefficient (Wildman–Crippen LogP) is 2.29. The highest BCUT2D eigenvalue weighted by molar-refractivity contribution is 5.93. The molecule has 0 aliphatic carbocycles. The van der Waals surface area contributed by atoms with Crippen molar-refractivity contribution in [1.29, 1.82) is 0 Å². The zero-order valence-electron chi connectivity index (χ0n) is 16.3. The van der Waals surface area contributed by atoms with Gasteiger partial charge in [-0.25, -0.2) is 0 Å². The zero-order chi connectivity index (χ0) is 20.3. The molecule has 7 heteroatoms. The van der Waals surface area contributed by atoms with E-state index in [1.54, 1.807) is 36.6 Å². The summed E-state index contributed by atoms with van der Waals surface area (Å²) in [4.78, 5) is 31.6. The van der Waals surface area contributed by atoms with E-state index in [0.29, 0.717) is 31.6 Å². The van der Waals surface area contributed by atoms with E-state index >= 15 is 0 Å². The van der Waals surface area contributed by atoms with Gasteiger partial charge in [0.2, 0.25) is 5.91 Å². The summed E-state index contributed by atoms with van der Waals surface area (Å²) in [6.07, 6.45) is 6.25. The van der Waals surface area contributed by atoms with Crippen molar-refractivity contribution in [1.82, 2.24) is 25.4 Å². The van der Waals surface area contributed by atoms with E-state index in [2.05, 4.69) is 32.6 Å². The second-order valence-electron chi connectivity index (χ2n) is 7.38. The molecule has 0 bridgehead atoms. The Bertz CT molecular complexity index is 1000. The first-order valence-corrected chi connectivity index (χ1v) is 9.62. The smallest absolute Gasteiger partial charge is 0.271 e. The predicted molar refractivity (Wildman–Crippen MR) is 109 cm³/mol. The number of rotatable bonds is 5. The number of benzene rings is 1. The van der Waals surface area contributed by atoms with Gasteiger partial charge in [0.25, 0.3) is 5.91 Å². The summed E-state index contributed by atoms with van der Waals surface area (Å²) in [6, 6.07) is 13.7. The topological polar surface area (TPSA) is 91.0 Å². The number of amides is 2. The average Bonchev–Trinajstić information content (AvgIpc) is 3.45. The highest BCUT2D eigenvalue weighted by Crippen LogP contribution is 2.37. The Labute approximate surface area is 169 Å². The van der Waals surface area contributed by atoms with Crippen LogP contribution in [0.15, 0.2) is 61.1 Å². The fourth-order valence-electron chi connectivity index (χ4n) is 4.12. The number of pyridine rings is 1. The first-order chi connectivity index (χ1) is 14.1. The van der Waals surface area contributed by atoms with E-state index in [9.17, 15) is 9.59 Å². The lowest BCUT2D eigenvalue weighted by molar-refractivity contribution is -0.129. The summed E-state index contributed by atoms with van der Waals surface area (Å²) in [6.45, 7) is 0.901. The summed E-state index contributed by atoms with van der Waals surface area (Å²) in [7, 11) is 1.65. The molecule has 1 aliphatic heterocycles. The minimum atomic E-state index is -0.673. The Morgan fingerprint density at radius 1 is 1.14 bits per heavy atom. The first-order valence-electron chi connectivity index (χ1n) is 9.62. The molecule has 3 heterocycles. The van der Waals surface area contributed by atoms with E-state index in [1.165, 1.54) is 0 Å². The van der Waals surface area contributed by atoms with Crippen LogP contribution < -0.4 is 5.32 Å². The van der Waals surface area contributed by atoms with Gasteiger partial charge in [-0.3, -0.25) is 19.7 Å². The van der Waals surface area contributed by atoms with Crippen molar-refractivity contribution in [3.8, 4) is 11.1 Å². The van der Waals surface area contributed by atoms with Crippen molar-refractivity contribution in [2.45, 2.75) is 12.8 Å². The second-order valence-corrected chi connectivity index (χ2v) is 7.38. The van der Waals surface area contributed by atoms with Gasteiger partial charge in [0.1, 0.15) is 5.69 Å². The molecule has 1 aromatic carbocycles. The molecule has 2 N–H and O–H groups in total. The van der Waals surface area contributed by atoms with Crippen molar-refractivity contribution < 1.29 is 9.59 Å². The first kappa shape index (κ1) is 18.9. The van der Waals surface area contributed by atoms with Gasteiger partial charge in [-0.2, -0.15) is 5.10 Å². The maximum Gasteiger partial charge on any atom is 0.271 e. The van der Waals surface area contributed by atoms with Crippen LogP contribution in [-0.2, 0) is 11.2 Å². The average molecular weight is 389 g/mol. The van der Waals surface area contributed by atoms with Gasteiger partial charge in [0, 0.05) is 38.7 Å². The molecule has 3 aromatic rings. The molecular weight excluding hydrogens is 366 g/mol. The van der Waals surface area contributed by atoms with Crippen LogP contribution in [-0.4, -0.2) is 52.0 Å². The number of carbonyl (C=O) groups excluding carboxylic acids is 2. The number of nitrogens with one attached hydrogen (secondary N) is 2. The van der Waals surface area contributed by atoms with Gasteiger partial charge >= 0.3 is 0 Å². The normalized spacial score (nSPS) is 18.6. The van der Waals surface area contributed by atoms with Gasteiger partial charge in [0.05, 0.1) is 5.41 Å². The SMILES string of the molecule is CNC(=O)[C@]1(Cc2ccccc2-c2ccncc2)CCN(C(=O)c2ccn[nH]2)C1. The van der Waals surface area contributed by atoms with Crippen molar-refractivity contribution in [3.63, 3.8) is 0 Å². The molecule has 1 fully saturated rings. The van der Waals surface area contributed by atoms with Crippen molar-refractivity contribution in [3.05, 3.63) is 72.3 Å². The molecule has 0 spiro atoms. The number of nitrogens with zero attached hydrogens (tertiary/aromatic N) is 3. The van der Waals surface area contributed by atoms with E-state index in [4.69, 9.17) is 0 Å². The van der Waals surface area contributed by atoms with Gasteiger partial charge < -0.3 is 10.2 Å². The summed E-state index contributed by atoms with van der Waals surface area (Å²) in [5.41, 5.74) is 2.99. The van der Waals surface area contributed by atoms with Crippen LogP contribution in [0.1, 0.15) is 22.5 Å². The van der Waals surface area contributed by atoms with E-state index in [-0.39, 0.29) is 11.8 Å². The standard InChI is InChI=1S/C22H23N5O2/c1-23-21(29)22(9-13-27(15-22)20(28)19-8-12-25-26-19)14-17-4-2-3-5-18(17)16-6-10-24-11-7-16/h2-8,10-12H,9,13-15H2,1H3,(H,23,29)(H,25,26)/t22-/m0/s1. The third kappa shape index (κ3) is 3.63. The minimum absolute atomic E-state index is 0.0399. The monoisotopic (exact) mass is 389 g/mol. The number of carbonyl (C=O) groups is 2. The van der Waals surface area contributed by atoms with Crippen LogP contribution in [0.3, 0.4) is 0 Å². The van der Waals surface area contributed by atoms with Crippen LogP contribution in [0.2, 0.25) is 0 Å². The Morgan fingerprint density at radius 2 is 1.93 bits per heavy atom. The fraction of sp³-hybridized carbons (Fsp3) is 0.273. The van der Waals surface area contributed by atoms with Crippen LogP contribution in [0.4, 0.5) is 0 Å². The van der Waals surface area contributed by atoms with Crippen LogP contribution in [0.5, 0.6) is 0 Å². The molecule has 7 nitrogen and oxygen atoms in total. The molecule has 2 amide bonds. The maximum absolute atomic E-state index is 13.0. The lowest BCUT2D eigenvalue weighted by atomic mass is 9.78. The second kappa shape index (κ2) is 7.87. The Hall–Kier alpha value is -3.48. The third-order valence-corrected chi connectivity index (χ3v) is 5.62. The van der Waals surface area contributed by atoms with E-state index in [0.717, 1.165) is 16.7 Å². The number of hydrogen-bond acceptors (Lipinski definition) is 4. The lowest BCUT2D eigenvalue weighted by Gasteiger charge is -2.28. The van der Waals surface area contributed by atoms with E-state index in [1.807, 2.05) is 24.3 Å². The number of H-pyrrole nitrogens is 1. The Balaban J connectivity index is 1.65. The summed E-state index contributed by atoms with van der Waals surface area (Å²) in [5, 5.41) is 9.39. The summed E-state index contributed by atoms with van der Waals surface area (Å²) >= 11 is 0. The number of likely N-dealkylation sites (tertiary alicyclic amines) is 1. The van der Waals surface area contributed by atoms with Crippen molar-refractivity contribution in [2.24, 2.45) is 5.41 Å². The quantitative estimate of drug-likeness (QED) is 0.700. The minimum Gasteiger partial charge on any atom is -0.359 e. The Morgan fingerprint density at radius 3 is 2.66 bits per heavy atom. The molecular formula is C22H23N5O2. The van der Waals surface area contributed by atoms with Gasteiger partial charge in [-0.1, -0.05) is 24.3 Å². The fourth-order valence-corrected chi connectivity index (χ4v) is 4.12. The highest BCUT2D eigenvalue weighted by atomic mass is 16.2. The molecule has 1 aliphatic rings. The van der Waals surface area contributed by atoms with Crippen molar-refractivity contribution in [2.75, 3.05) is 20.1 Å². The van der Waals surface area contributed by atoms with Gasteiger partial charge in [0.15, 0.2) is 0 Å². The maximum atomic E-state index is 13.0. The molecule has 0 radical (unpaired) electrons. The highest BCUT2D eigenvalue weighted by Gasteiger charge is 2.46. The van der Waals surface area contributed by atoms with E-state index < -0.39 is 5.41 Å². The number of aromatic amines is 1. The number of hydrogen-bond donors (Lipinski definition) is 2. The van der Waals surface area contributed by atoms with Gasteiger partial charge in [-0.15, -0.1) is 0 Å². The van der Waals surface area contributed by atoms with Crippen LogP contribution in [0, 0.1) is 5.41 Å². The van der Waals surface area contributed by atoms with Gasteiger partial charge in [-0.05, 0) is 47.7 Å². The summed E-state index contributed by atoms with van der Waals surface area (Å²) in [5.74, 6) is -0.169. The number of aromatic nitrogens is 3. The molecule has 148 valence electrons. The molecule has 4 rings (SSSR count). The molecule has 29 heavy (non-hydrogen) atoms.